The van der Waals surface area contributed by atoms with Gasteiger partial charge in [0.15, 0.2) is 0 Å². The average Bonchev–Trinajstić information content (AvgIpc) is 2.49. The van der Waals surface area contributed by atoms with Crippen molar-refractivity contribution in [2.45, 2.75) is 39.2 Å². The summed E-state index contributed by atoms with van der Waals surface area (Å²) in [7, 11) is 0. The Morgan fingerprint density at radius 3 is 2.77 bits per heavy atom. The number of piperidine rings is 1. The predicted octanol–water partition coefficient (Wildman–Crippen LogP) is 0.669. The highest BCUT2D eigenvalue weighted by molar-refractivity contribution is 5.93. The molecule has 1 amide bonds. The van der Waals surface area contributed by atoms with Gasteiger partial charge in [-0.15, -0.1) is 0 Å². The Labute approximate surface area is 129 Å². The number of carbonyl (C=O) groups excluding carboxylic acids is 1. The molecular formula is C16H24N2O4. The highest BCUT2D eigenvalue weighted by atomic mass is 16.3. The number of hydrogen-bond acceptors (Lipinski definition) is 4. The molecule has 0 radical (unpaired) electrons. The fourth-order valence-corrected chi connectivity index (χ4v) is 3.17. The number of likely N-dealkylation sites (tertiary alicyclic amines) is 1. The van der Waals surface area contributed by atoms with Crippen LogP contribution in [-0.4, -0.2) is 51.8 Å². The number of aromatic nitrogens is 1. The van der Waals surface area contributed by atoms with Crippen molar-refractivity contribution >= 4 is 5.91 Å². The van der Waals surface area contributed by atoms with Gasteiger partial charge in [-0.05, 0) is 31.9 Å². The van der Waals surface area contributed by atoms with E-state index in [2.05, 4.69) is 4.98 Å². The van der Waals surface area contributed by atoms with Crippen LogP contribution in [-0.2, 0) is 0 Å². The standard InChI is InChI=1S/C16H24N2O4/c1-3-6-16(10-19)7-8-18(9-13(16)20)15(22)12-5-4-11(2)17-14(12)21/h4-5,13,19-20H,3,6-10H2,1-2H3,(H,17,21)/t13-,16-/m1/s1. The fourth-order valence-electron chi connectivity index (χ4n) is 3.17. The minimum Gasteiger partial charge on any atom is -0.396 e. The summed E-state index contributed by atoms with van der Waals surface area (Å²) in [6.45, 7) is 4.25. The maximum atomic E-state index is 12.5. The predicted molar refractivity (Wildman–Crippen MR) is 82.8 cm³/mol. The number of amides is 1. The van der Waals surface area contributed by atoms with E-state index in [-0.39, 0.29) is 24.6 Å². The first-order chi connectivity index (χ1) is 10.4. The Morgan fingerprint density at radius 1 is 1.50 bits per heavy atom. The quantitative estimate of drug-likeness (QED) is 0.762. The zero-order valence-electron chi connectivity index (χ0n) is 13.1. The van der Waals surface area contributed by atoms with Gasteiger partial charge in [-0.25, -0.2) is 0 Å². The monoisotopic (exact) mass is 308 g/mol. The van der Waals surface area contributed by atoms with Crippen LogP contribution in [0.4, 0.5) is 0 Å². The molecule has 1 fully saturated rings. The van der Waals surface area contributed by atoms with Gasteiger partial charge in [0.25, 0.3) is 11.5 Å². The highest BCUT2D eigenvalue weighted by Gasteiger charge is 2.42. The number of nitrogens with one attached hydrogen (secondary N) is 1. The van der Waals surface area contributed by atoms with Gasteiger partial charge in [-0.2, -0.15) is 0 Å². The zero-order chi connectivity index (χ0) is 16.3. The third-order valence-electron chi connectivity index (χ3n) is 4.62. The summed E-state index contributed by atoms with van der Waals surface area (Å²) in [5.41, 5.74) is -0.162. The van der Waals surface area contributed by atoms with Crippen molar-refractivity contribution in [3.05, 3.63) is 33.7 Å². The first kappa shape index (κ1) is 16.7. The van der Waals surface area contributed by atoms with E-state index in [1.165, 1.54) is 11.0 Å². The molecule has 1 aliphatic heterocycles. The largest absolute Gasteiger partial charge is 0.396 e. The normalized spacial score (nSPS) is 25.3. The van der Waals surface area contributed by atoms with E-state index in [1.54, 1.807) is 13.0 Å². The molecule has 0 aromatic carbocycles. The molecule has 0 spiro atoms. The summed E-state index contributed by atoms with van der Waals surface area (Å²) in [6, 6.07) is 3.20. The van der Waals surface area contributed by atoms with E-state index in [0.29, 0.717) is 18.7 Å². The topological polar surface area (TPSA) is 93.6 Å². The number of aliphatic hydroxyl groups is 2. The van der Waals surface area contributed by atoms with Crippen molar-refractivity contribution in [3.63, 3.8) is 0 Å². The van der Waals surface area contributed by atoms with Crippen molar-refractivity contribution in [1.82, 2.24) is 9.88 Å². The summed E-state index contributed by atoms with van der Waals surface area (Å²) in [5.74, 6) is -0.372. The van der Waals surface area contributed by atoms with Gasteiger partial charge in [0.05, 0.1) is 12.7 Å². The van der Waals surface area contributed by atoms with Crippen molar-refractivity contribution < 1.29 is 15.0 Å². The molecule has 6 nitrogen and oxygen atoms in total. The number of pyridine rings is 1. The van der Waals surface area contributed by atoms with Crippen LogP contribution >= 0.6 is 0 Å². The second kappa shape index (κ2) is 6.62. The molecule has 6 heteroatoms. The number of nitrogens with zero attached hydrogens (tertiary/aromatic N) is 1. The summed E-state index contributed by atoms with van der Waals surface area (Å²) < 4.78 is 0. The highest BCUT2D eigenvalue weighted by Crippen LogP contribution is 2.36. The molecule has 2 heterocycles. The van der Waals surface area contributed by atoms with Crippen LogP contribution in [0.15, 0.2) is 16.9 Å². The Bertz CT molecular complexity index is 598. The number of aromatic amines is 1. The SMILES string of the molecule is CCC[C@]1(CO)CCN(C(=O)c2ccc(C)[nH]c2=O)C[C@H]1O. The van der Waals surface area contributed by atoms with Gasteiger partial charge in [-0.3, -0.25) is 9.59 Å². The van der Waals surface area contributed by atoms with Crippen molar-refractivity contribution in [2.75, 3.05) is 19.7 Å². The molecule has 1 aliphatic rings. The lowest BCUT2D eigenvalue weighted by Gasteiger charge is -2.44. The Hall–Kier alpha value is -1.66. The molecule has 2 rings (SSSR count). The summed E-state index contributed by atoms with van der Waals surface area (Å²) in [6.07, 6.45) is 1.34. The number of aryl methyl sites for hydroxylation is 1. The van der Waals surface area contributed by atoms with Gasteiger partial charge >= 0.3 is 0 Å². The number of hydrogen-bond donors (Lipinski definition) is 3. The minimum atomic E-state index is -0.778. The zero-order valence-corrected chi connectivity index (χ0v) is 13.1. The number of aliphatic hydroxyl groups excluding tert-OH is 2. The molecule has 3 N–H and O–H groups in total. The molecule has 1 aromatic heterocycles. The number of β-amino-alcohol motifs (C(OH)–C–C–N with tert-alkyl or cyclic N) is 1. The van der Waals surface area contributed by atoms with E-state index in [1.807, 2.05) is 6.92 Å². The van der Waals surface area contributed by atoms with Gasteiger partial charge in [0, 0.05) is 24.2 Å². The Morgan fingerprint density at radius 2 is 2.23 bits per heavy atom. The van der Waals surface area contributed by atoms with Gasteiger partial charge in [0.2, 0.25) is 0 Å². The van der Waals surface area contributed by atoms with Gasteiger partial charge in [0.1, 0.15) is 5.56 Å². The second-order valence-corrected chi connectivity index (χ2v) is 6.17. The molecule has 22 heavy (non-hydrogen) atoms. The molecule has 2 atom stereocenters. The van der Waals surface area contributed by atoms with Crippen LogP contribution in [0.2, 0.25) is 0 Å². The lowest BCUT2D eigenvalue weighted by Crippen LogP contribution is -2.54. The molecule has 0 bridgehead atoms. The summed E-state index contributed by atoms with van der Waals surface area (Å²) >= 11 is 0. The lowest BCUT2D eigenvalue weighted by atomic mass is 9.73. The van der Waals surface area contributed by atoms with Crippen LogP contribution in [0, 0.1) is 12.3 Å². The molecule has 0 saturated carbocycles. The van der Waals surface area contributed by atoms with E-state index < -0.39 is 17.1 Å². The van der Waals surface area contributed by atoms with E-state index in [0.717, 1.165) is 12.8 Å². The maximum Gasteiger partial charge on any atom is 0.260 e. The van der Waals surface area contributed by atoms with Crippen LogP contribution in [0.1, 0.15) is 42.2 Å². The summed E-state index contributed by atoms with van der Waals surface area (Å²) in [5, 5.41) is 20.0. The van der Waals surface area contributed by atoms with Crippen molar-refractivity contribution in [2.24, 2.45) is 5.41 Å². The van der Waals surface area contributed by atoms with Crippen molar-refractivity contribution in [1.29, 1.82) is 0 Å². The maximum absolute atomic E-state index is 12.5. The average molecular weight is 308 g/mol. The van der Waals surface area contributed by atoms with Crippen LogP contribution < -0.4 is 5.56 Å². The van der Waals surface area contributed by atoms with E-state index >= 15 is 0 Å². The first-order valence-corrected chi connectivity index (χ1v) is 7.71. The number of H-pyrrole nitrogens is 1. The second-order valence-electron chi connectivity index (χ2n) is 6.17. The molecule has 0 unspecified atom stereocenters. The van der Waals surface area contributed by atoms with Gasteiger partial charge < -0.3 is 20.1 Å². The minimum absolute atomic E-state index is 0.0878. The third-order valence-corrected chi connectivity index (χ3v) is 4.62. The molecule has 1 aromatic rings. The van der Waals surface area contributed by atoms with Gasteiger partial charge in [-0.1, -0.05) is 13.3 Å². The van der Waals surface area contributed by atoms with E-state index in [9.17, 15) is 19.8 Å². The Kier molecular flexibility index (Phi) is 5.03. The third kappa shape index (κ3) is 3.08. The van der Waals surface area contributed by atoms with E-state index in [4.69, 9.17) is 0 Å². The van der Waals surface area contributed by atoms with Crippen LogP contribution in [0.3, 0.4) is 0 Å². The van der Waals surface area contributed by atoms with Crippen molar-refractivity contribution in [3.8, 4) is 0 Å². The fraction of sp³-hybridized carbons (Fsp3) is 0.625. The Balaban J connectivity index is 2.16. The molecule has 0 aliphatic carbocycles. The van der Waals surface area contributed by atoms with Crippen LogP contribution in [0.5, 0.6) is 0 Å². The molecular weight excluding hydrogens is 284 g/mol. The lowest BCUT2D eigenvalue weighted by molar-refractivity contribution is -0.0713. The molecule has 122 valence electrons. The smallest absolute Gasteiger partial charge is 0.260 e. The van der Waals surface area contributed by atoms with Crippen LogP contribution in [0.25, 0.3) is 0 Å². The number of carbonyl (C=O) groups is 1. The molecule has 1 saturated heterocycles. The first-order valence-electron chi connectivity index (χ1n) is 7.71. The summed E-state index contributed by atoms with van der Waals surface area (Å²) in [4.78, 5) is 28.5. The number of rotatable bonds is 4.